The summed E-state index contributed by atoms with van der Waals surface area (Å²) in [6, 6.07) is 11.9. The molecule has 9 heteroatoms. The Kier molecular flexibility index (Phi) is 5.68. The topological polar surface area (TPSA) is 34.9 Å². The molecule has 0 aliphatic carbocycles. The van der Waals surface area contributed by atoms with Gasteiger partial charge >= 0.3 is 6.18 Å². The fraction of sp³-hybridized carbons (Fsp3) is 0.200. The molecule has 0 saturated carbocycles. The van der Waals surface area contributed by atoms with Crippen LogP contribution in [0, 0.1) is 0 Å². The number of aromatic nitrogens is 2. The molecule has 0 unspecified atom stereocenters. The molecule has 0 spiro atoms. The third-order valence-corrected chi connectivity index (χ3v) is 6.77. The summed E-state index contributed by atoms with van der Waals surface area (Å²) in [4.78, 5) is 18.4. The number of hydrogen-bond donors (Lipinski definition) is 0. The van der Waals surface area contributed by atoms with E-state index in [1.807, 2.05) is 0 Å². The Morgan fingerprint density at radius 2 is 1.79 bits per heavy atom. The van der Waals surface area contributed by atoms with Gasteiger partial charge in [0.25, 0.3) is 5.56 Å². The minimum Gasteiger partial charge on any atom is -0.268 e. The second-order valence-electron chi connectivity index (χ2n) is 6.37. The number of thioether (sulfide) groups is 2. The predicted octanol–water partition coefficient (Wildman–Crippen LogP) is 5.85. The van der Waals surface area contributed by atoms with E-state index in [9.17, 15) is 18.0 Å². The molecule has 2 aromatic carbocycles. The van der Waals surface area contributed by atoms with Gasteiger partial charge in [-0.15, -0.1) is 11.8 Å². The lowest BCUT2D eigenvalue weighted by Crippen LogP contribution is -2.23. The molecule has 4 rings (SSSR count). The minimum atomic E-state index is -4.36. The normalized spacial score (nSPS) is 13.5. The summed E-state index contributed by atoms with van der Waals surface area (Å²) in [6.07, 6.45) is -3.63. The van der Waals surface area contributed by atoms with E-state index in [1.165, 1.54) is 35.7 Å². The maximum atomic E-state index is 13.1. The van der Waals surface area contributed by atoms with Gasteiger partial charge in [-0.3, -0.25) is 9.36 Å². The summed E-state index contributed by atoms with van der Waals surface area (Å²) in [5.74, 6) is 1.20. The van der Waals surface area contributed by atoms with Crippen LogP contribution in [0.1, 0.15) is 16.8 Å². The predicted molar refractivity (Wildman–Crippen MR) is 110 cm³/mol. The molecular weight excluding hydrogens is 441 g/mol. The lowest BCUT2D eigenvalue weighted by Gasteiger charge is -2.14. The van der Waals surface area contributed by atoms with Crippen LogP contribution in [0.25, 0.3) is 5.69 Å². The second-order valence-corrected chi connectivity index (χ2v) is 8.85. The zero-order valence-corrected chi connectivity index (χ0v) is 17.3. The lowest BCUT2D eigenvalue weighted by atomic mass is 10.1. The summed E-state index contributed by atoms with van der Waals surface area (Å²) < 4.78 is 39.8. The van der Waals surface area contributed by atoms with Gasteiger partial charge in [0.05, 0.1) is 21.8 Å². The van der Waals surface area contributed by atoms with E-state index >= 15 is 0 Å². The van der Waals surface area contributed by atoms with Gasteiger partial charge in [-0.1, -0.05) is 35.5 Å². The highest BCUT2D eigenvalue weighted by atomic mass is 35.5. The molecule has 150 valence electrons. The lowest BCUT2D eigenvalue weighted by molar-refractivity contribution is -0.137. The van der Waals surface area contributed by atoms with Crippen molar-refractivity contribution in [1.82, 2.24) is 9.55 Å². The van der Waals surface area contributed by atoms with Crippen molar-refractivity contribution >= 4 is 35.1 Å². The van der Waals surface area contributed by atoms with Crippen molar-refractivity contribution in [1.29, 1.82) is 0 Å². The van der Waals surface area contributed by atoms with Crippen LogP contribution in [0.4, 0.5) is 13.2 Å². The van der Waals surface area contributed by atoms with Crippen LogP contribution in [0.5, 0.6) is 0 Å². The average molecular weight is 455 g/mol. The summed E-state index contributed by atoms with van der Waals surface area (Å²) in [5, 5.41) is 1.07. The first kappa shape index (κ1) is 20.4. The monoisotopic (exact) mass is 454 g/mol. The van der Waals surface area contributed by atoms with E-state index in [0.29, 0.717) is 26.5 Å². The molecule has 0 amide bonds. The summed E-state index contributed by atoms with van der Waals surface area (Å²) in [5.41, 5.74) is 1.33. The third kappa shape index (κ3) is 4.34. The maximum absolute atomic E-state index is 13.1. The van der Waals surface area contributed by atoms with Gasteiger partial charge in [0.15, 0.2) is 5.16 Å². The largest absolute Gasteiger partial charge is 0.416 e. The standard InChI is InChI=1S/C20H14ClF3N2OS2/c21-14-5-7-15(8-6-14)26-18(27)17-16(9-10-28-17)25-19(26)29-11-12-1-3-13(4-2-12)20(22,23)24/h1-8H,9-11H2. The van der Waals surface area contributed by atoms with Crippen molar-refractivity contribution in [2.24, 2.45) is 0 Å². The first-order valence-electron chi connectivity index (χ1n) is 8.66. The van der Waals surface area contributed by atoms with Crippen molar-refractivity contribution in [2.45, 2.75) is 28.4 Å². The van der Waals surface area contributed by atoms with Crippen LogP contribution in [-0.4, -0.2) is 15.3 Å². The van der Waals surface area contributed by atoms with Gasteiger partial charge in [0, 0.05) is 22.9 Å². The van der Waals surface area contributed by atoms with Crippen LogP contribution in [0.3, 0.4) is 0 Å². The van der Waals surface area contributed by atoms with Crippen molar-refractivity contribution in [2.75, 3.05) is 5.75 Å². The van der Waals surface area contributed by atoms with Crippen LogP contribution < -0.4 is 5.56 Å². The van der Waals surface area contributed by atoms with E-state index in [2.05, 4.69) is 4.98 Å². The molecule has 0 radical (unpaired) electrons. The number of benzene rings is 2. The Bertz CT molecular complexity index is 1100. The Hall–Kier alpha value is -1.90. The zero-order chi connectivity index (χ0) is 20.6. The molecule has 0 fully saturated rings. The number of alkyl halides is 3. The molecule has 0 bridgehead atoms. The molecule has 3 nitrogen and oxygen atoms in total. The number of aryl methyl sites for hydroxylation is 1. The van der Waals surface area contributed by atoms with Crippen molar-refractivity contribution < 1.29 is 13.2 Å². The van der Waals surface area contributed by atoms with E-state index in [-0.39, 0.29) is 5.56 Å². The molecule has 0 saturated heterocycles. The molecule has 0 N–H and O–H groups in total. The van der Waals surface area contributed by atoms with Crippen LogP contribution in [0.15, 0.2) is 63.4 Å². The van der Waals surface area contributed by atoms with Gasteiger partial charge in [-0.25, -0.2) is 4.98 Å². The molecule has 1 aromatic heterocycles. The minimum absolute atomic E-state index is 0.130. The van der Waals surface area contributed by atoms with Gasteiger partial charge in [-0.2, -0.15) is 13.2 Å². The van der Waals surface area contributed by atoms with E-state index in [1.54, 1.807) is 28.8 Å². The summed E-state index contributed by atoms with van der Waals surface area (Å²) in [7, 11) is 0. The molecule has 3 aromatic rings. The number of nitrogens with zero attached hydrogens (tertiary/aromatic N) is 2. The zero-order valence-electron chi connectivity index (χ0n) is 14.9. The first-order valence-corrected chi connectivity index (χ1v) is 11.0. The van der Waals surface area contributed by atoms with Gasteiger partial charge in [0.2, 0.25) is 0 Å². The van der Waals surface area contributed by atoms with Gasteiger partial charge < -0.3 is 0 Å². The molecule has 0 atom stereocenters. The Labute approximate surface area is 178 Å². The van der Waals surface area contributed by atoms with Gasteiger partial charge in [0.1, 0.15) is 0 Å². The number of fused-ring (bicyclic) bond motifs is 1. The molecule has 29 heavy (non-hydrogen) atoms. The van der Waals surface area contributed by atoms with Crippen molar-refractivity contribution in [3.05, 3.63) is 80.7 Å². The summed E-state index contributed by atoms with van der Waals surface area (Å²) >= 11 is 8.78. The third-order valence-electron chi connectivity index (χ3n) is 4.40. The highest BCUT2D eigenvalue weighted by Crippen LogP contribution is 2.32. The van der Waals surface area contributed by atoms with Crippen molar-refractivity contribution in [3.8, 4) is 5.69 Å². The van der Waals surface area contributed by atoms with Crippen LogP contribution in [0.2, 0.25) is 5.02 Å². The highest BCUT2D eigenvalue weighted by molar-refractivity contribution is 7.99. The Morgan fingerprint density at radius 3 is 2.45 bits per heavy atom. The highest BCUT2D eigenvalue weighted by Gasteiger charge is 2.30. The Morgan fingerprint density at radius 1 is 1.10 bits per heavy atom. The molecule has 2 heterocycles. The number of halogens is 4. The average Bonchev–Trinajstić information content (AvgIpc) is 3.16. The molecular formula is C20H14ClF3N2OS2. The summed E-state index contributed by atoms with van der Waals surface area (Å²) in [6.45, 7) is 0. The fourth-order valence-electron chi connectivity index (χ4n) is 2.94. The molecule has 1 aliphatic rings. The number of rotatable bonds is 4. The smallest absolute Gasteiger partial charge is 0.268 e. The maximum Gasteiger partial charge on any atom is 0.416 e. The van der Waals surface area contributed by atoms with E-state index in [0.717, 1.165) is 35.6 Å². The first-order chi connectivity index (χ1) is 13.8. The van der Waals surface area contributed by atoms with Crippen LogP contribution >= 0.6 is 35.1 Å². The second kappa shape index (κ2) is 8.08. The fourth-order valence-corrected chi connectivity index (χ4v) is 5.08. The van der Waals surface area contributed by atoms with Crippen LogP contribution in [-0.2, 0) is 18.3 Å². The molecule has 1 aliphatic heterocycles. The van der Waals surface area contributed by atoms with E-state index < -0.39 is 11.7 Å². The quantitative estimate of drug-likeness (QED) is 0.366. The SMILES string of the molecule is O=c1c2c(nc(SCc3ccc(C(F)(F)F)cc3)n1-c1ccc(Cl)cc1)CCS2. The number of hydrogen-bond acceptors (Lipinski definition) is 4. The Balaban J connectivity index is 1.67. The van der Waals surface area contributed by atoms with E-state index in [4.69, 9.17) is 11.6 Å². The van der Waals surface area contributed by atoms with Gasteiger partial charge in [-0.05, 0) is 42.0 Å². The van der Waals surface area contributed by atoms with Crippen molar-refractivity contribution in [3.63, 3.8) is 0 Å².